The topological polar surface area (TPSA) is 125 Å². The number of rotatable bonds is 9. The SMILES string of the molecule is OCCOCCO.OCCOCCO.[Cl][Ru][Cl].c1ccc(-c2ccccn2)nc1. The van der Waals surface area contributed by atoms with E-state index in [4.69, 9.17) is 39.8 Å². The smallest absolute Gasteiger partial charge is 0.0886 e. The molecular formula is C18H28Cl2N2O6Ru. The van der Waals surface area contributed by atoms with E-state index >= 15 is 0 Å². The second kappa shape index (κ2) is 27.3. The minimum atomic E-state index is -0.346. The summed E-state index contributed by atoms with van der Waals surface area (Å²) in [6, 6.07) is 11.6. The first-order chi connectivity index (χ1) is 14.2. The summed E-state index contributed by atoms with van der Waals surface area (Å²) in [5, 5.41) is 32.3. The Labute approximate surface area is 187 Å². The van der Waals surface area contributed by atoms with Crippen LogP contribution in [0.4, 0.5) is 0 Å². The van der Waals surface area contributed by atoms with Crippen LogP contribution in [0.5, 0.6) is 0 Å². The van der Waals surface area contributed by atoms with Crippen molar-refractivity contribution in [3.63, 3.8) is 0 Å². The fourth-order valence-electron chi connectivity index (χ4n) is 1.49. The summed E-state index contributed by atoms with van der Waals surface area (Å²) >= 11 is -0.346. The zero-order chi connectivity index (χ0) is 22.0. The standard InChI is InChI=1S/C10H8N2.2C4H10O3.2ClH.Ru/c1-3-7-11-9(5-1)10-6-2-4-8-12-10;2*5-1-3-7-4-2-6;;;/h1-8H;2*5-6H,1-4H2;2*1H;/q;;;;;+2/p-2. The van der Waals surface area contributed by atoms with Crippen molar-refractivity contribution in [1.82, 2.24) is 9.97 Å². The van der Waals surface area contributed by atoms with Crippen LogP contribution in [0, 0.1) is 0 Å². The number of halogens is 2. The van der Waals surface area contributed by atoms with E-state index in [-0.39, 0.29) is 41.6 Å². The van der Waals surface area contributed by atoms with Crippen LogP contribution in [0.25, 0.3) is 11.4 Å². The molecule has 0 saturated heterocycles. The van der Waals surface area contributed by atoms with Gasteiger partial charge in [-0.2, -0.15) is 0 Å². The molecule has 2 rings (SSSR count). The predicted octanol–water partition coefficient (Wildman–Crippen LogP) is 1.50. The average Bonchev–Trinajstić information content (AvgIpc) is 2.77. The van der Waals surface area contributed by atoms with E-state index in [0.717, 1.165) is 11.4 Å². The number of nitrogens with zero attached hydrogens (tertiary/aromatic N) is 2. The summed E-state index contributed by atoms with van der Waals surface area (Å²) in [4.78, 5) is 8.37. The number of pyridine rings is 2. The Hall–Kier alpha value is -0.737. The number of hydrogen-bond acceptors (Lipinski definition) is 8. The molecular weight excluding hydrogens is 512 g/mol. The molecule has 4 N–H and O–H groups in total. The minimum absolute atomic E-state index is 0.0278. The summed E-state index contributed by atoms with van der Waals surface area (Å²) < 4.78 is 9.26. The number of aliphatic hydroxyl groups excluding tert-OH is 4. The molecule has 0 spiro atoms. The van der Waals surface area contributed by atoms with Crippen molar-refractivity contribution in [2.24, 2.45) is 0 Å². The van der Waals surface area contributed by atoms with Gasteiger partial charge in [0, 0.05) is 12.4 Å². The number of aromatic nitrogens is 2. The minimum Gasteiger partial charge on any atom is -0.255 e. The van der Waals surface area contributed by atoms with E-state index in [9.17, 15) is 0 Å². The maximum Gasteiger partial charge on any atom is 0.0886 e. The van der Waals surface area contributed by atoms with Crippen molar-refractivity contribution in [1.29, 1.82) is 0 Å². The molecule has 0 aromatic carbocycles. The molecule has 2 aromatic rings. The van der Waals surface area contributed by atoms with Crippen molar-refractivity contribution in [3.8, 4) is 11.4 Å². The summed E-state index contributed by atoms with van der Waals surface area (Å²) in [5.74, 6) is 0. The first kappa shape index (κ1) is 30.5. The molecule has 0 saturated carbocycles. The second-order valence-corrected chi connectivity index (χ2v) is 7.24. The van der Waals surface area contributed by atoms with Crippen LogP contribution in [0.1, 0.15) is 0 Å². The Morgan fingerprint density at radius 1 is 0.655 bits per heavy atom. The molecule has 168 valence electrons. The summed E-state index contributed by atoms with van der Waals surface area (Å²) in [6.45, 7) is 1.39. The molecule has 29 heavy (non-hydrogen) atoms. The molecule has 2 heterocycles. The van der Waals surface area contributed by atoms with Gasteiger partial charge in [-0.05, 0) is 24.3 Å². The third kappa shape index (κ3) is 23.4. The van der Waals surface area contributed by atoms with Gasteiger partial charge in [0.05, 0.1) is 64.2 Å². The zero-order valence-electron chi connectivity index (χ0n) is 15.9. The Morgan fingerprint density at radius 3 is 1.17 bits per heavy atom. The van der Waals surface area contributed by atoms with E-state index in [0.29, 0.717) is 26.4 Å². The molecule has 8 nitrogen and oxygen atoms in total. The Bertz CT molecular complexity index is 477. The van der Waals surface area contributed by atoms with E-state index in [2.05, 4.69) is 19.4 Å². The molecule has 0 aliphatic rings. The largest absolute Gasteiger partial charge is 0.255 e. The Kier molecular flexibility index (Phi) is 28.6. The maximum absolute atomic E-state index is 8.09. The van der Waals surface area contributed by atoms with Gasteiger partial charge >= 0.3 is 34.5 Å². The van der Waals surface area contributed by atoms with Crippen molar-refractivity contribution < 1.29 is 45.0 Å². The van der Waals surface area contributed by atoms with Crippen LogP contribution < -0.4 is 0 Å². The van der Waals surface area contributed by atoms with Gasteiger partial charge in [0.2, 0.25) is 0 Å². The summed E-state index contributed by atoms with van der Waals surface area (Å²) in [5.41, 5.74) is 1.83. The van der Waals surface area contributed by atoms with Gasteiger partial charge in [-0.15, -0.1) is 0 Å². The van der Waals surface area contributed by atoms with Crippen LogP contribution in [0.15, 0.2) is 48.8 Å². The van der Waals surface area contributed by atoms with Crippen molar-refractivity contribution in [2.45, 2.75) is 0 Å². The van der Waals surface area contributed by atoms with E-state index in [1.807, 2.05) is 36.4 Å². The fraction of sp³-hybridized carbons (Fsp3) is 0.444. The van der Waals surface area contributed by atoms with Gasteiger partial charge in [-0.3, -0.25) is 9.97 Å². The van der Waals surface area contributed by atoms with Crippen LogP contribution in [-0.4, -0.2) is 83.2 Å². The van der Waals surface area contributed by atoms with Crippen LogP contribution in [0.2, 0.25) is 0 Å². The molecule has 0 fully saturated rings. The van der Waals surface area contributed by atoms with E-state index in [1.165, 1.54) is 0 Å². The average molecular weight is 540 g/mol. The monoisotopic (exact) mass is 540 g/mol. The van der Waals surface area contributed by atoms with Gasteiger partial charge in [0.25, 0.3) is 0 Å². The molecule has 0 aliphatic heterocycles. The molecule has 11 heteroatoms. The van der Waals surface area contributed by atoms with E-state index in [1.54, 1.807) is 12.4 Å². The van der Waals surface area contributed by atoms with Crippen molar-refractivity contribution in [2.75, 3.05) is 52.9 Å². The Balaban J connectivity index is 0. The van der Waals surface area contributed by atoms with Crippen LogP contribution in [-0.2, 0) is 24.6 Å². The Morgan fingerprint density at radius 2 is 0.966 bits per heavy atom. The van der Waals surface area contributed by atoms with Gasteiger partial charge in [0.15, 0.2) is 0 Å². The van der Waals surface area contributed by atoms with Gasteiger partial charge in [-0.25, -0.2) is 0 Å². The zero-order valence-corrected chi connectivity index (χ0v) is 19.1. The van der Waals surface area contributed by atoms with Crippen molar-refractivity contribution in [3.05, 3.63) is 48.8 Å². The third-order valence-electron chi connectivity index (χ3n) is 2.53. The molecule has 0 aliphatic carbocycles. The van der Waals surface area contributed by atoms with Gasteiger partial charge < -0.3 is 29.9 Å². The van der Waals surface area contributed by atoms with Gasteiger partial charge in [-0.1, -0.05) is 12.1 Å². The molecule has 0 unspecified atom stereocenters. The van der Waals surface area contributed by atoms with E-state index < -0.39 is 0 Å². The number of aliphatic hydroxyl groups is 4. The molecule has 0 radical (unpaired) electrons. The third-order valence-corrected chi connectivity index (χ3v) is 2.53. The molecule has 0 amide bonds. The number of ether oxygens (including phenoxy) is 2. The summed E-state index contributed by atoms with van der Waals surface area (Å²) in [7, 11) is 9.71. The van der Waals surface area contributed by atoms with Crippen LogP contribution in [0.3, 0.4) is 0 Å². The van der Waals surface area contributed by atoms with Crippen molar-refractivity contribution >= 4 is 19.4 Å². The fourth-order valence-corrected chi connectivity index (χ4v) is 1.49. The quantitative estimate of drug-likeness (QED) is 0.279. The first-order valence-corrected chi connectivity index (χ1v) is 13.0. The number of hydrogen-bond donors (Lipinski definition) is 4. The molecule has 0 atom stereocenters. The predicted molar refractivity (Wildman–Crippen MR) is 109 cm³/mol. The molecule has 0 bridgehead atoms. The normalized spacial score (nSPS) is 9.31. The second-order valence-electron chi connectivity index (χ2n) is 4.60. The first-order valence-electron chi connectivity index (χ1n) is 8.48. The van der Waals surface area contributed by atoms with Crippen LogP contribution >= 0.6 is 19.4 Å². The van der Waals surface area contributed by atoms with Gasteiger partial charge in [0.1, 0.15) is 0 Å². The molecule has 2 aromatic heterocycles. The summed E-state index contributed by atoms with van der Waals surface area (Å²) in [6.07, 6.45) is 3.54. The maximum atomic E-state index is 8.09.